The standard InChI is InChI=1S/C11H18N4O2S2/c1-8-9(2)18-7-6-15(8)19(16,17)10-4-3-5-13-11(10)14-12/h3-5,8-9H,6-7,12H2,1-2H3,(H,13,14). The molecule has 6 nitrogen and oxygen atoms in total. The van der Waals surface area contributed by atoms with Gasteiger partial charge in [-0.05, 0) is 19.1 Å². The van der Waals surface area contributed by atoms with Gasteiger partial charge in [-0.3, -0.25) is 0 Å². The summed E-state index contributed by atoms with van der Waals surface area (Å²) < 4.78 is 26.9. The van der Waals surface area contributed by atoms with E-state index in [9.17, 15) is 8.42 Å². The number of nitrogens with two attached hydrogens (primary N) is 1. The summed E-state index contributed by atoms with van der Waals surface area (Å²) in [4.78, 5) is 4.08. The number of hydrogen-bond acceptors (Lipinski definition) is 6. The first-order valence-corrected chi connectivity index (χ1v) is 8.52. The Kier molecular flexibility index (Phi) is 4.34. The van der Waals surface area contributed by atoms with E-state index in [1.807, 2.05) is 13.8 Å². The highest BCUT2D eigenvalue weighted by Gasteiger charge is 2.36. The van der Waals surface area contributed by atoms with E-state index in [0.29, 0.717) is 6.54 Å². The maximum atomic E-state index is 12.7. The minimum absolute atomic E-state index is 0.0467. The van der Waals surface area contributed by atoms with E-state index in [1.54, 1.807) is 17.8 Å². The van der Waals surface area contributed by atoms with Gasteiger partial charge in [-0.15, -0.1) is 0 Å². The largest absolute Gasteiger partial charge is 0.307 e. The average Bonchev–Trinajstić information content (AvgIpc) is 2.41. The third-order valence-corrected chi connectivity index (χ3v) is 6.68. The Morgan fingerprint density at radius 1 is 1.53 bits per heavy atom. The van der Waals surface area contributed by atoms with Crippen molar-refractivity contribution in [1.82, 2.24) is 9.29 Å². The first-order valence-electron chi connectivity index (χ1n) is 6.03. The van der Waals surface area contributed by atoms with Crippen molar-refractivity contribution in [3.05, 3.63) is 18.3 Å². The van der Waals surface area contributed by atoms with Crippen LogP contribution in [-0.2, 0) is 10.0 Å². The number of nitrogens with zero attached hydrogens (tertiary/aromatic N) is 2. The van der Waals surface area contributed by atoms with E-state index < -0.39 is 10.0 Å². The van der Waals surface area contributed by atoms with Crippen LogP contribution in [0, 0.1) is 0 Å². The van der Waals surface area contributed by atoms with Gasteiger partial charge in [0.2, 0.25) is 10.0 Å². The van der Waals surface area contributed by atoms with Crippen molar-refractivity contribution in [3.8, 4) is 0 Å². The molecule has 2 unspecified atom stereocenters. The van der Waals surface area contributed by atoms with Crippen LogP contribution in [0.3, 0.4) is 0 Å². The molecule has 0 radical (unpaired) electrons. The van der Waals surface area contributed by atoms with Crippen LogP contribution in [-0.4, -0.2) is 41.3 Å². The van der Waals surface area contributed by atoms with E-state index >= 15 is 0 Å². The van der Waals surface area contributed by atoms with Crippen molar-refractivity contribution in [2.45, 2.75) is 30.0 Å². The number of hydrazine groups is 1. The van der Waals surface area contributed by atoms with Crippen LogP contribution >= 0.6 is 11.8 Å². The fourth-order valence-electron chi connectivity index (χ4n) is 2.08. The Morgan fingerprint density at radius 3 is 2.95 bits per heavy atom. The van der Waals surface area contributed by atoms with Gasteiger partial charge >= 0.3 is 0 Å². The Balaban J connectivity index is 2.42. The third kappa shape index (κ3) is 2.71. The number of nitrogen functional groups attached to an aromatic ring is 1. The molecular formula is C11H18N4O2S2. The van der Waals surface area contributed by atoms with E-state index in [1.165, 1.54) is 16.6 Å². The molecule has 1 saturated heterocycles. The van der Waals surface area contributed by atoms with E-state index in [2.05, 4.69) is 10.4 Å². The second kappa shape index (κ2) is 5.66. The summed E-state index contributed by atoms with van der Waals surface area (Å²) in [7, 11) is -3.57. The number of pyridine rings is 1. The van der Waals surface area contributed by atoms with Crippen LogP contribution in [0.2, 0.25) is 0 Å². The van der Waals surface area contributed by atoms with Crippen molar-refractivity contribution in [2.24, 2.45) is 5.84 Å². The van der Waals surface area contributed by atoms with E-state index in [4.69, 9.17) is 5.84 Å². The number of hydrogen-bond donors (Lipinski definition) is 2. The van der Waals surface area contributed by atoms with Crippen molar-refractivity contribution in [3.63, 3.8) is 0 Å². The summed E-state index contributed by atoms with van der Waals surface area (Å²) in [6.45, 7) is 4.49. The summed E-state index contributed by atoms with van der Waals surface area (Å²) in [5.41, 5.74) is 2.34. The molecule has 8 heteroatoms. The molecule has 1 aliphatic heterocycles. The van der Waals surface area contributed by atoms with Gasteiger partial charge in [-0.1, -0.05) is 6.92 Å². The Hall–Kier alpha value is -0.830. The molecule has 0 bridgehead atoms. The van der Waals surface area contributed by atoms with Crippen LogP contribution in [0.4, 0.5) is 5.82 Å². The number of anilines is 1. The molecule has 0 amide bonds. The van der Waals surface area contributed by atoms with Crippen LogP contribution in [0.25, 0.3) is 0 Å². The zero-order valence-corrected chi connectivity index (χ0v) is 12.5. The minimum Gasteiger partial charge on any atom is -0.307 e. The van der Waals surface area contributed by atoms with Gasteiger partial charge in [0.1, 0.15) is 4.90 Å². The van der Waals surface area contributed by atoms with Gasteiger partial charge < -0.3 is 5.43 Å². The van der Waals surface area contributed by atoms with Crippen molar-refractivity contribution >= 4 is 27.6 Å². The van der Waals surface area contributed by atoms with Gasteiger partial charge in [0.05, 0.1) is 0 Å². The first kappa shape index (κ1) is 14.6. The van der Waals surface area contributed by atoms with Crippen molar-refractivity contribution in [1.29, 1.82) is 0 Å². The number of sulfonamides is 1. The van der Waals surface area contributed by atoms with Gasteiger partial charge in [-0.2, -0.15) is 16.1 Å². The molecule has 19 heavy (non-hydrogen) atoms. The number of rotatable bonds is 3. The highest BCUT2D eigenvalue weighted by Crippen LogP contribution is 2.31. The number of thioether (sulfide) groups is 1. The monoisotopic (exact) mass is 302 g/mol. The molecule has 1 aromatic rings. The van der Waals surface area contributed by atoms with Gasteiger partial charge in [0, 0.05) is 29.8 Å². The molecule has 1 fully saturated rings. The van der Waals surface area contributed by atoms with Crippen LogP contribution in [0.15, 0.2) is 23.2 Å². The summed E-state index contributed by atoms with van der Waals surface area (Å²) in [5.74, 6) is 6.32. The highest BCUT2D eigenvalue weighted by atomic mass is 32.2. The zero-order chi connectivity index (χ0) is 14.0. The molecule has 3 N–H and O–H groups in total. The molecule has 0 spiro atoms. The molecule has 106 valence electrons. The fraction of sp³-hybridized carbons (Fsp3) is 0.545. The van der Waals surface area contributed by atoms with Crippen molar-refractivity contribution < 1.29 is 8.42 Å². The van der Waals surface area contributed by atoms with E-state index in [-0.39, 0.29) is 22.0 Å². The second-order valence-electron chi connectivity index (χ2n) is 4.43. The van der Waals surface area contributed by atoms with Gasteiger partial charge in [0.15, 0.2) is 5.82 Å². The molecule has 1 aromatic heterocycles. The summed E-state index contributed by atoms with van der Waals surface area (Å²) in [6.07, 6.45) is 1.51. The number of nitrogens with one attached hydrogen (secondary N) is 1. The lowest BCUT2D eigenvalue weighted by Crippen LogP contribution is -2.48. The maximum Gasteiger partial charge on any atom is 0.247 e. The lowest BCUT2D eigenvalue weighted by Gasteiger charge is -2.36. The normalized spacial score (nSPS) is 25.2. The Labute approximate surface area is 117 Å². The molecule has 0 aromatic carbocycles. The number of aromatic nitrogens is 1. The second-order valence-corrected chi connectivity index (χ2v) is 7.77. The smallest absolute Gasteiger partial charge is 0.247 e. The first-order chi connectivity index (χ1) is 8.98. The molecule has 0 saturated carbocycles. The molecule has 2 rings (SSSR count). The maximum absolute atomic E-state index is 12.7. The third-order valence-electron chi connectivity index (χ3n) is 3.32. The lowest BCUT2D eigenvalue weighted by atomic mass is 10.2. The molecule has 0 aliphatic carbocycles. The molecule has 2 atom stereocenters. The van der Waals surface area contributed by atoms with Gasteiger partial charge in [0.25, 0.3) is 0 Å². The van der Waals surface area contributed by atoms with Crippen LogP contribution in [0.5, 0.6) is 0 Å². The lowest BCUT2D eigenvalue weighted by molar-refractivity contribution is 0.340. The predicted octanol–water partition coefficient (Wildman–Crippen LogP) is 0.882. The van der Waals surface area contributed by atoms with E-state index in [0.717, 1.165) is 5.75 Å². The molecule has 2 heterocycles. The Bertz CT molecular complexity index is 549. The zero-order valence-electron chi connectivity index (χ0n) is 10.9. The van der Waals surface area contributed by atoms with Gasteiger partial charge in [-0.25, -0.2) is 19.2 Å². The van der Waals surface area contributed by atoms with Crippen molar-refractivity contribution in [2.75, 3.05) is 17.7 Å². The predicted molar refractivity (Wildman–Crippen MR) is 77.3 cm³/mol. The molecule has 1 aliphatic rings. The average molecular weight is 302 g/mol. The molecular weight excluding hydrogens is 284 g/mol. The highest BCUT2D eigenvalue weighted by molar-refractivity contribution is 8.00. The topological polar surface area (TPSA) is 88.3 Å². The quantitative estimate of drug-likeness (QED) is 0.636. The SMILES string of the molecule is CC1SCCN(S(=O)(=O)c2cccnc2NN)C1C. The Morgan fingerprint density at radius 2 is 2.26 bits per heavy atom. The fourth-order valence-corrected chi connectivity index (χ4v) is 5.18. The summed E-state index contributed by atoms with van der Waals surface area (Å²) in [5, 5.41) is 0.273. The van der Waals surface area contributed by atoms with Crippen LogP contribution < -0.4 is 11.3 Å². The summed E-state index contributed by atoms with van der Waals surface area (Å²) >= 11 is 1.79. The van der Waals surface area contributed by atoms with Crippen LogP contribution in [0.1, 0.15) is 13.8 Å². The minimum atomic E-state index is -3.57. The summed E-state index contributed by atoms with van der Waals surface area (Å²) in [6, 6.07) is 3.08.